The Kier molecular flexibility index (Phi) is 6.24. The Morgan fingerprint density at radius 3 is 2.70 bits per heavy atom. The maximum Gasteiger partial charge on any atom is 1.00 e. The fourth-order valence-corrected chi connectivity index (χ4v) is 5.21. The van der Waals surface area contributed by atoms with E-state index in [0.29, 0.717) is 22.7 Å². The molecule has 4 heterocycles. The van der Waals surface area contributed by atoms with Crippen LogP contribution in [-0.2, 0) is 37.4 Å². The van der Waals surface area contributed by atoms with Crippen LogP contribution >= 0.6 is 8.25 Å². The van der Waals surface area contributed by atoms with E-state index < -0.39 is 19.8 Å². The van der Waals surface area contributed by atoms with Gasteiger partial charge in [-0.1, -0.05) is 18.6 Å². The second-order valence-electron chi connectivity index (χ2n) is 7.88. The van der Waals surface area contributed by atoms with Gasteiger partial charge in [-0.15, -0.1) is 4.52 Å². The first-order valence-electron chi connectivity index (χ1n) is 10.1. The number of fused-ring (bicyclic) bond motifs is 5. The molecule has 0 radical (unpaired) electrons. The Balaban J connectivity index is 0.00000259. The molecule has 0 spiro atoms. The van der Waals surface area contributed by atoms with Gasteiger partial charge >= 0.3 is 43.8 Å². The molecule has 0 amide bonds. The summed E-state index contributed by atoms with van der Waals surface area (Å²) in [5.74, 6) is -0.212. The molecule has 0 N–H and O–H groups in total. The zero-order valence-corrected chi connectivity index (χ0v) is 21.5. The van der Waals surface area contributed by atoms with Crippen LogP contribution in [0.3, 0.4) is 0 Å². The van der Waals surface area contributed by atoms with Gasteiger partial charge in [-0.2, -0.15) is 0 Å². The molecule has 11 heteroatoms. The van der Waals surface area contributed by atoms with E-state index in [9.17, 15) is 19.0 Å². The third-order valence-electron chi connectivity index (χ3n) is 6.19. The predicted molar refractivity (Wildman–Crippen MR) is 112 cm³/mol. The molecule has 3 aromatic rings. The van der Waals surface area contributed by atoms with E-state index in [-0.39, 0.29) is 65.8 Å². The van der Waals surface area contributed by atoms with Crippen molar-refractivity contribution in [3.05, 3.63) is 56.9 Å². The molecule has 0 aliphatic carbocycles. The SMILES string of the molecule is CC[C@@]1(O[P+](=O)[O-])C(=O)OCc2c1cc1n(c2=O)Cc2c-1nc1ccc(C)cc1c2OC.[Na+]. The van der Waals surface area contributed by atoms with E-state index in [4.69, 9.17) is 19.0 Å². The summed E-state index contributed by atoms with van der Waals surface area (Å²) >= 11 is 0. The third kappa shape index (κ3) is 3.46. The summed E-state index contributed by atoms with van der Waals surface area (Å²) in [6.45, 7) is 3.56. The zero-order valence-electron chi connectivity index (χ0n) is 18.6. The van der Waals surface area contributed by atoms with Gasteiger partial charge in [-0.05, 0) is 36.1 Å². The van der Waals surface area contributed by atoms with Gasteiger partial charge in [0.25, 0.3) is 5.56 Å². The Morgan fingerprint density at radius 2 is 2.03 bits per heavy atom. The summed E-state index contributed by atoms with van der Waals surface area (Å²) in [5, 5.41) is 0.838. The summed E-state index contributed by atoms with van der Waals surface area (Å²) in [7, 11) is -1.81. The third-order valence-corrected chi connectivity index (χ3v) is 6.65. The molecule has 1 unspecified atom stereocenters. The summed E-state index contributed by atoms with van der Waals surface area (Å²) < 4.78 is 29.0. The Bertz CT molecular complexity index is 1400. The van der Waals surface area contributed by atoms with Crippen molar-refractivity contribution < 1.29 is 57.8 Å². The first-order chi connectivity index (χ1) is 15.3. The molecule has 2 atom stereocenters. The van der Waals surface area contributed by atoms with E-state index in [1.165, 1.54) is 0 Å². The fraction of sp³-hybridized carbons (Fsp3) is 0.318. The number of nitrogens with zero attached hydrogens (tertiary/aromatic N) is 2. The van der Waals surface area contributed by atoms with Crippen molar-refractivity contribution >= 4 is 25.1 Å². The number of ether oxygens (including phenoxy) is 2. The van der Waals surface area contributed by atoms with E-state index >= 15 is 0 Å². The van der Waals surface area contributed by atoms with Crippen LogP contribution in [0.1, 0.15) is 35.6 Å². The van der Waals surface area contributed by atoms with Crippen LogP contribution in [0.2, 0.25) is 0 Å². The number of rotatable bonds is 4. The first-order valence-corrected chi connectivity index (χ1v) is 11.2. The van der Waals surface area contributed by atoms with E-state index in [1.807, 2.05) is 25.1 Å². The van der Waals surface area contributed by atoms with Gasteiger partial charge in [0.2, 0.25) is 5.60 Å². The van der Waals surface area contributed by atoms with Gasteiger partial charge in [-0.3, -0.25) is 4.79 Å². The monoisotopic (exact) mass is 477 g/mol. The molecule has 0 bridgehead atoms. The number of benzene rings is 1. The minimum absolute atomic E-state index is 0. The van der Waals surface area contributed by atoms with Gasteiger partial charge in [0.05, 0.1) is 36.1 Å². The van der Waals surface area contributed by atoms with Crippen LogP contribution in [0.25, 0.3) is 22.3 Å². The summed E-state index contributed by atoms with van der Waals surface area (Å²) in [5.41, 5.74) is 1.62. The van der Waals surface area contributed by atoms with Crippen molar-refractivity contribution in [2.75, 3.05) is 7.11 Å². The molecule has 2 aliphatic rings. The van der Waals surface area contributed by atoms with E-state index in [1.54, 1.807) is 24.7 Å². The molecule has 1 aromatic carbocycles. The predicted octanol–water partition coefficient (Wildman–Crippen LogP) is -0.557. The van der Waals surface area contributed by atoms with Crippen molar-refractivity contribution in [2.45, 2.75) is 39.0 Å². The maximum absolute atomic E-state index is 13.4. The van der Waals surface area contributed by atoms with Crippen molar-refractivity contribution in [2.24, 2.45) is 0 Å². The van der Waals surface area contributed by atoms with Crippen LogP contribution in [0, 0.1) is 6.92 Å². The standard InChI is InChI=1S/C22H19N2O7P.Na/c1-4-22(31-32(27)28)15-8-17-18-13(9-24(17)20(25)14(15)10-30-21(22)26)19(29-3)12-7-11(2)5-6-16(12)23-18;/h5-8H,4,9-10H2,1-3H3;/q;+1/t22-;/m0./s1. The second-order valence-corrected chi connectivity index (χ2v) is 8.51. The van der Waals surface area contributed by atoms with E-state index in [2.05, 4.69) is 0 Å². The molecule has 9 nitrogen and oxygen atoms in total. The topological polar surface area (TPSA) is 120 Å². The minimum Gasteiger partial charge on any atom is -0.566 e. The molecule has 0 fully saturated rings. The molecule has 5 rings (SSSR count). The number of carbonyl (C=O) groups is 1. The molecule has 0 saturated heterocycles. The Labute approximate surface area is 211 Å². The largest absolute Gasteiger partial charge is 1.00 e. The number of cyclic esters (lactones) is 1. The van der Waals surface area contributed by atoms with Gasteiger partial charge in [0.1, 0.15) is 12.4 Å². The number of hydrogen-bond acceptors (Lipinski definition) is 8. The zero-order chi connectivity index (χ0) is 22.8. The summed E-state index contributed by atoms with van der Waals surface area (Å²) in [6.07, 6.45) is -0.0222. The number of aryl methyl sites for hydroxylation is 1. The molecular weight excluding hydrogens is 458 g/mol. The summed E-state index contributed by atoms with van der Waals surface area (Å²) in [4.78, 5) is 42.3. The van der Waals surface area contributed by atoms with Crippen molar-refractivity contribution in [1.29, 1.82) is 0 Å². The van der Waals surface area contributed by atoms with Crippen molar-refractivity contribution in [3.63, 3.8) is 0 Å². The Morgan fingerprint density at radius 1 is 1.27 bits per heavy atom. The number of hydrogen-bond donors (Lipinski definition) is 0. The van der Waals surface area contributed by atoms with Gasteiger partial charge < -0.3 is 18.9 Å². The average molecular weight is 477 g/mol. The minimum atomic E-state index is -3.38. The molecular formula is C22H19N2NaO7P+. The van der Waals surface area contributed by atoms with Crippen molar-refractivity contribution in [3.8, 4) is 17.1 Å². The van der Waals surface area contributed by atoms with Crippen LogP contribution < -0.4 is 44.7 Å². The fourth-order valence-electron chi connectivity index (χ4n) is 4.66. The van der Waals surface area contributed by atoms with Crippen LogP contribution in [0.4, 0.5) is 0 Å². The number of methoxy groups -OCH3 is 1. The number of aromatic nitrogens is 2. The van der Waals surface area contributed by atoms with Gasteiger partial charge in [0.15, 0.2) is 0 Å². The smallest absolute Gasteiger partial charge is 0.566 e. The quantitative estimate of drug-likeness (QED) is 0.218. The number of esters is 1. The molecule has 2 aliphatic heterocycles. The van der Waals surface area contributed by atoms with E-state index in [0.717, 1.165) is 16.5 Å². The molecule has 164 valence electrons. The van der Waals surface area contributed by atoms with Gasteiger partial charge in [-0.25, -0.2) is 9.78 Å². The molecule has 33 heavy (non-hydrogen) atoms. The second kappa shape index (κ2) is 8.58. The Hall–Kier alpha value is -2.13. The first kappa shape index (κ1) is 24.0. The molecule has 0 saturated carbocycles. The molecule has 2 aromatic heterocycles. The number of pyridine rings is 2. The maximum atomic E-state index is 13.4. The number of carbonyl (C=O) groups excluding carboxylic acids is 1. The average Bonchev–Trinajstić information content (AvgIpc) is 3.12. The van der Waals surface area contributed by atoms with Crippen LogP contribution in [0.15, 0.2) is 29.1 Å². The van der Waals surface area contributed by atoms with Crippen LogP contribution in [0.5, 0.6) is 5.75 Å². The van der Waals surface area contributed by atoms with Crippen LogP contribution in [-0.4, -0.2) is 22.6 Å². The van der Waals surface area contributed by atoms with Crippen molar-refractivity contribution in [1.82, 2.24) is 9.55 Å². The van der Waals surface area contributed by atoms with Gasteiger partial charge in [0, 0.05) is 16.5 Å². The normalized spacial score (nSPS) is 18.7. The summed E-state index contributed by atoms with van der Waals surface area (Å²) in [6, 6.07) is 7.42.